The SMILES string of the molecule is CC(C)S(=O)(=O)N1CCc2nc(NC(=O)Nc3ccc(Cl)cc3)sc2C1. The van der Waals surface area contributed by atoms with Gasteiger partial charge in [-0.15, -0.1) is 0 Å². The smallest absolute Gasteiger partial charge is 0.308 e. The molecule has 1 aromatic carbocycles. The van der Waals surface area contributed by atoms with E-state index in [0.29, 0.717) is 35.4 Å². The van der Waals surface area contributed by atoms with Crippen LogP contribution in [0, 0.1) is 0 Å². The average Bonchev–Trinajstić information content (AvgIpc) is 2.97. The summed E-state index contributed by atoms with van der Waals surface area (Å²) in [5.41, 5.74) is 1.45. The maximum absolute atomic E-state index is 12.3. The lowest BCUT2D eigenvalue weighted by Crippen LogP contribution is -2.39. The van der Waals surface area contributed by atoms with Crippen molar-refractivity contribution >= 4 is 49.8 Å². The molecule has 26 heavy (non-hydrogen) atoms. The Balaban J connectivity index is 1.66. The van der Waals surface area contributed by atoms with Crippen LogP contribution in [0.5, 0.6) is 0 Å². The Kier molecular flexibility index (Phi) is 5.52. The van der Waals surface area contributed by atoms with Gasteiger partial charge >= 0.3 is 6.03 Å². The predicted molar refractivity (Wildman–Crippen MR) is 104 cm³/mol. The molecular weight excluding hydrogens is 396 g/mol. The number of carbonyl (C=O) groups is 1. The Hall–Kier alpha value is -1.68. The lowest BCUT2D eigenvalue weighted by molar-refractivity contribution is 0.262. The van der Waals surface area contributed by atoms with Crippen LogP contribution in [0.4, 0.5) is 15.6 Å². The van der Waals surface area contributed by atoms with Gasteiger partial charge in [-0.3, -0.25) is 5.32 Å². The molecule has 0 radical (unpaired) electrons. The van der Waals surface area contributed by atoms with Crippen LogP contribution in [0.25, 0.3) is 0 Å². The molecule has 1 aliphatic heterocycles. The van der Waals surface area contributed by atoms with Crippen molar-refractivity contribution in [1.29, 1.82) is 0 Å². The lowest BCUT2D eigenvalue weighted by atomic mass is 10.2. The summed E-state index contributed by atoms with van der Waals surface area (Å²) in [7, 11) is -3.30. The van der Waals surface area contributed by atoms with E-state index in [2.05, 4.69) is 15.6 Å². The van der Waals surface area contributed by atoms with Crippen molar-refractivity contribution in [3.8, 4) is 0 Å². The Bertz CT molecular complexity index is 910. The van der Waals surface area contributed by atoms with Crippen LogP contribution in [0.3, 0.4) is 0 Å². The van der Waals surface area contributed by atoms with Gasteiger partial charge in [-0.05, 0) is 38.1 Å². The third-order valence-electron chi connectivity index (χ3n) is 3.97. The number of sulfonamides is 1. The number of nitrogens with zero attached hydrogens (tertiary/aromatic N) is 2. The molecule has 0 atom stereocenters. The van der Waals surface area contributed by atoms with E-state index in [1.807, 2.05) is 0 Å². The standard InChI is InChI=1S/C16H19ClN4O3S2/c1-10(2)26(23,24)21-8-7-13-14(9-21)25-16(19-13)20-15(22)18-12-5-3-11(17)4-6-12/h3-6,10H,7-9H2,1-2H3,(H2,18,19,20,22). The van der Waals surface area contributed by atoms with Gasteiger partial charge < -0.3 is 5.32 Å². The number of halogens is 1. The van der Waals surface area contributed by atoms with Crippen molar-refractivity contribution in [2.24, 2.45) is 0 Å². The topological polar surface area (TPSA) is 91.4 Å². The van der Waals surface area contributed by atoms with Gasteiger partial charge in [-0.1, -0.05) is 22.9 Å². The minimum atomic E-state index is -3.30. The Morgan fingerprint density at radius 1 is 1.27 bits per heavy atom. The highest BCUT2D eigenvalue weighted by Gasteiger charge is 2.31. The zero-order chi connectivity index (χ0) is 18.9. The quantitative estimate of drug-likeness (QED) is 0.800. The molecule has 0 fully saturated rings. The molecule has 140 valence electrons. The maximum atomic E-state index is 12.3. The van der Waals surface area contributed by atoms with Gasteiger partial charge in [0, 0.05) is 35.1 Å². The summed E-state index contributed by atoms with van der Waals surface area (Å²) in [5.74, 6) is 0. The molecule has 3 rings (SSSR count). The number of thiazole rings is 1. The molecule has 2 heterocycles. The van der Waals surface area contributed by atoms with Gasteiger partial charge in [0.05, 0.1) is 10.9 Å². The second kappa shape index (κ2) is 7.51. The van der Waals surface area contributed by atoms with Crippen molar-refractivity contribution in [3.05, 3.63) is 39.9 Å². The second-order valence-electron chi connectivity index (χ2n) is 6.15. The van der Waals surface area contributed by atoms with Crippen LogP contribution in [0.2, 0.25) is 5.02 Å². The summed E-state index contributed by atoms with van der Waals surface area (Å²) >= 11 is 7.11. The first-order valence-electron chi connectivity index (χ1n) is 8.07. The summed E-state index contributed by atoms with van der Waals surface area (Å²) in [5, 5.41) is 5.97. The molecule has 2 aromatic rings. The molecule has 0 bridgehead atoms. The summed E-state index contributed by atoms with van der Waals surface area (Å²) in [4.78, 5) is 17.4. The molecule has 0 spiro atoms. The van der Waals surface area contributed by atoms with Crippen LogP contribution in [0.15, 0.2) is 24.3 Å². The van der Waals surface area contributed by atoms with E-state index in [-0.39, 0.29) is 0 Å². The molecule has 1 aliphatic rings. The van der Waals surface area contributed by atoms with Gasteiger partial charge in [0.1, 0.15) is 0 Å². The van der Waals surface area contributed by atoms with Crippen LogP contribution >= 0.6 is 22.9 Å². The predicted octanol–water partition coefficient (Wildman–Crippen LogP) is 3.54. The zero-order valence-corrected chi connectivity index (χ0v) is 16.7. The van der Waals surface area contributed by atoms with E-state index in [0.717, 1.165) is 10.6 Å². The van der Waals surface area contributed by atoms with Crippen molar-refractivity contribution in [3.63, 3.8) is 0 Å². The van der Waals surface area contributed by atoms with Crippen molar-refractivity contribution in [2.45, 2.75) is 32.1 Å². The fraction of sp³-hybridized carbons (Fsp3) is 0.375. The van der Waals surface area contributed by atoms with E-state index < -0.39 is 21.3 Å². The number of aromatic nitrogens is 1. The Labute approximate surface area is 161 Å². The molecule has 0 saturated carbocycles. The number of amides is 2. The molecule has 2 N–H and O–H groups in total. The molecule has 7 nitrogen and oxygen atoms in total. The van der Waals surface area contributed by atoms with E-state index in [1.54, 1.807) is 38.1 Å². The summed E-state index contributed by atoms with van der Waals surface area (Å²) in [6.07, 6.45) is 0.540. The number of anilines is 2. The van der Waals surface area contributed by atoms with E-state index in [4.69, 9.17) is 11.6 Å². The molecular formula is C16H19ClN4O3S2. The first kappa shape index (κ1) is 19.1. The minimum absolute atomic E-state index is 0.300. The molecule has 2 amide bonds. The minimum Gasteiger partial charge on any atom is -0.308 e. The fourth-order valence-corrected chi connectivity index (χ4v) is 5.01. The second-order valence-corrected chi connectivity index (χ2v) is 10.2. The number of hydrogen-bond acceptors (Lipinski definition) is 5. The molecule has 0 saturated heterocycles. The third-order valence-corrected chi connectivity index (χ3v) is 7.45. The monoisotopic (exact) mass is 414 g/mol. The first-order chi connectivity index (χ1) is 12.3. The van der Waals surface area contributed by atoms with E-state index in [9.17, 15) is 13.2 Å². The van der Waals surface area contributed by atoms with Gasteiger partial charge in [0.15, 0.2) is 5.13 Å². The third kappa shape index (κ3) is 4.17. The van der Waals surface area contributed by atoms with Crippen LogP contribution < -0.4 is 10.6 Å². The highest BCUT2D eigenvalue weighted by Crippen LogP contribution is 2.30. The Morgan fingerprint density at radius 2 is 1.96 bits per heavy atom. The summed E-state index contributed by atoms with van der Waals surface area (Å²) in [6, 6.07) is 6.35. The highest BCUT2D eigenvalue weighted by molar-refractivity contribution is 7.89. The number of benzene rings is 1. The molecule has 0 aliphatic carbocycles. The number of hydrogen-bond donors (Lipinski definition) is 2. The van der Waals surface area contributed by atoms with Gasteiger partial charge in [-0.25, -0.2) is 18.2 Å². The average molecular weight is 415 g/mol. The number of urea groups is 1. The van der Waals surface area contributed by atoms with Crippen LogP contribution in [-0.4, -0.2) is 35.5 Å². The Morgan fingerprint density at radius 3 is 2.62 bits per heavy atom. The molecule has 0 unspecified atom stereocenters. The highest BCUT2D eigenvalue weighted by atomic mass is 35.5. The zero-order valence-electron chi connectivity index (χ0n) is 14.3. The molecule has 1 aromatic heterocycles. The van der Waals surface area contributed by atoms with Crippen molar-refractivity contribution in [2.75, 3.05) is 17.2 Å². The van der Waals surface area contributed by atoms with Crippen molar-refractivity contribution in [1.82, 2.24) is 9.29 Å². The van der Waals surface area contributed by atoms with Crippen LogP contribution in [-0.2, 0) is 23.0 Å². The maximum Gasteiger partial charge on any atom is 0.325 e. The number of fused-ring (bicyclic) bond motifs is 1. The normalized spacial score (nSPS) is 14.9. The number of carbonyl (C=O) groups excluding carboxylic acids is 1. The summed E-state index contributed by atoms with van der Waals surface area (Å²) in [6.45, 7) is 4.05. The van der Waals surface area contributed by atoms with E-state index >= 15 is 0 Å². The number of rotatable bonds is 4. The largest absolute Gasteiger partial charge is 0.325 e. The van der Waals surface area contributed by atoms with Gasteiger partial charge in [-0.2, -0.15) is 4.31 Å². The van der Waals surface area contributed by atoms with Crippen molar-refractivity contribution < 1.29 is 13.2 Å². The number of nitrogens with one attached hydrogen (secondary N) is 2. The van der Waals surface area contributed by atoms with Gasteiger partial charge in [0.2, 0.25) is 10.0 Å². The first-order valence-corrected chi connectivity index (χ1v) is 10.8. The molecule has 10 heteroatoms. The van der Waals surface area contributed by atoms with E-state index in [1.165, 1.54) is 15.6 Å². The van der Waals surface area contributed by atoms with Crippen LogP contribution in [0.1, 0.15) is 24.4 Å². The summed E-state index contributed by atoms with van der Waals surface area (Å²) < 4.78 is 26.1. The fourth-order valence-electron chi connectivity index (χ4n) is 2.53. The van der Waals surface area contributed by atoms with Gasteiger partial charge in [0.25, 0.3) is 0 Å². The lowest BCUT2D eigenvalue weighted by Gasteiger charge is -2.26.